The van der Waals surface area contributed by atoms with Crippen molar-refractivity contribution >= 4 is 21.6 Å². The quantitative estimate of drug-likeness (QED) is 0.668. The Kier molecular flexibility index (Phi) is 8.15. The third kappa shape index (κ3) is 5.53. The van der Waals surface area contributed by atoms with Gasteiger partial charge in [-0.15, -0.1) is 0 Å². The topological polar surface area (TPSA) is 15.3 Å². The van der Waals surface area contributed by atoms with E-state index in [-0.39, 0.29) is 0 Å². The van der Waals surface area contributed by atoms with Crippen molar-refractivity contribution in [2.24, 2.45) is 0 Å². The molecule has 0 unspecified atom stereocenters. The summed E-state index contributed by atoms with van der Waals surface area (Å²) in [6, 6.07) is 6.64. The lowest BCUT2D eigenvalue weighted by molar-refractivity contribution is 0.668. The lowest BCUT2D eigenvalue weighted by Gasteiger charge is -2.27. The van der Waals surface area contributed by atoms with E-state index in [0.29, 0.717) is 0 Å². The monoisotopic (exact) mass is 326 g/mol. The van der Waals surface area contributed by atoms with E-state index in [1.807, 2.05) is 0 Å². The van der Waals surface area contributed by atoms with E-state index < -0.39 is 0 Å². The molecule has 0 bridgehead atoms. The van der Waals surface area contributed by atoms with Gasteiger partial charge in [0.2, 0.25) is 0 Å². The maximum atomic E-state index is 3.60. The van der Waals surface area contributed by atoms with Gasteiger partial charge in [-0.25, -0.2) is 0 Å². The number of nitrogens with zero attached hydrogens (tertiary/aromatic N) is 1. The van der Waals surface area contributed by atoms with Crippen molar-refractivity contribution in [2.75, 3.05) is 24.5 Å². The maximum absolute atomic E-state index is 3.60. The van der Waals surface area contributed by atoms with Crippen molar-refractivity contribution < 1.29 is 0 Å². The minimum absolute atomic E-state index is 0.959. The molecule has 108 valence electrons. The van der Waals surface area contributed by atoms with Crippen LogP contribution in [0.3, 0.4) is 0 Å². The molecule has 3 heteroatoms. The van der Waals surface area contributed by atoms with E-state index in [4.69, 9.17) is 0 Å². The molecule has 0 aliphatic heterocycles. The zero-order valence-electron chi connectivity index (χ0n) is 12.5. The molecule has 0 radical (unpaired) electrons. The molecule has 19 heavy (non-hydrogen) atoms. The first kappa shape index (κ1) is 16.5. The van der Waals surface area contributed by atoms with Gasteiger partial charge < -0.3 is 10.2 Å². The lowest BCUT2D eigenvalue weighted by atomic mass is 10.1. The van der Waals surface area contributed by atoms with Gasteiger partial charge in [-0.1, -0.05) is 42.8 Å². The van der Waals surface area contributed by atoms with Crippen LogP contribution < -0.4 is 10.2 Å². The third-order valence-corrected chi connectivity index (χ3v) is 3.61. The van der Waals surface area contributed by atoms with Crippen molar-refractivity contribution in [2.45, 2.75) is 46.6 Å². The highest BCUT2D eigenvalue weighted by Crippen LogP contribution is 2.26. The normalized spacial score (nSPS) is 10.7. The average Bonchev–Trinajstić information content (AvgIpc) is 2.40. The van der Waals surface area contributed by atoms with Gasteiger partial charge in [0.1, 0.15) is 0 Å². The summed E-state index contributed by atoms with van der Waals surface area (Å²) in [5, 5.41) is 3.51. The Hall–Kier alpha value is -0.540. The second-order valence-corrected chi connectivity index (χ2v) is 5.85. The minimum Gasteiger partial charge on any atom is -0.371 e. The Morgan fingerprint density at radius 1 is 1.05 bits per heavy atom. The van der Waals surface area contributed by atoms with Gasteiger partial charge in [-0.3, -0.25) is 0 Å². The maximum Gasteiger partial charge on any atom is 0.0423 e. The van der Waals surface area contributed by atoms with Crippen molar-refractivity contribution in [3.8, 4) is 0 Å². The first-order valence-corrected chi connectivity index (χ1v) is 8.26. The molecular weight excluding hydrogens is 300 g/mol. The van der Waals surface area contributed by atoms with E-state index in [1.165, 1.54) is 35.0 Å². The molecule has 0 saturated carbocycles. The molecule has 0 aliphatic rings. The molecule has 1 N–H and O–H groups in total. The lowest BCUT2D eigenvalue weighted by Crippen LogP contribution is -2.27. The van der Waals surface area contributed by atoms with Gasteiger partial charge in [0.05, 0.1) is 0 Å². The third-order valence-electron chi connectivity index (χ3n) is 3.12. The van der Waals surface area contributed by atoms with Gasteiger partial charge in [0, 0.05) is 29.8 Å². The minimum atomic E-state index is 0.959. The summed E-state index contributed by atoms with van der Waals surface area (Å²) >= 11 is 3.60. The fourth-order valence-electron chi connectivity index (χ4n) is 2.27. The molecule has 0 heterocycles. The molecular formula is C16H27BrN2. The Morgan fingerprint density at radius 3 is 2.32 bits per heavy atom. The molecule has 1 aromatic carbocycles. The summed E-state index contributed by atoms with van der Waals surface area (Å²) in [7, 11) is 0. The highest BCUT2D eigenvalue weighted by atomic mass is 79.9. The molecule has 0 amide bonds. The predicted octanol–water partition coefficient (Wildman–Crippen LogP) is 4.58. The molecule has 0 saturated heterocycles. The van der Waals surface area contributed by atoms with Crippen molar-refractivity contribution in [3.05, 3.63) is 28.2 Å². The van der Waals surface area contributed by atoms with Crippen LogP contribution in [-0.4, -0.2) is 19.6 Å². The molecule has 0 spiro atoms. The summed E-state index contributed by atoms with van der Waals surface area (Å²) in [5.74, 6) is 0. The molecule has 0 aromatic heterocycles. The van der Waals surface area contributed by atoms with Crippen LogP contribution in [0, 0.1) is 0 Å². The Balaban J connectivity index is 2.89. The number of hydrogen-bond acceptors (Lipinski definition) is 2. The Morgan fingerprint density at radius 2 is 1.74 bits per heavy atom. The second kappa shape index (κ2) is 9.38. The van der Waals surface area contributed by atoms with E-state index in [1.54, 1.807) is 0 Å². The smallest absolute Gasteiger partial charge is 0.0423 e. The number of anilines is 1. The van der Waals surface area contributed by atoms with Gasteiger partial charge in [0.15, 0.2) is 0 Å². The predicted molar refractivity (Wildman–Crippen MR) is 88.9 cm³/mol. The standard InChI is InChI=1S/C16H27BrN2/c1-4-9-18-13-14-7-8-15(17)12-16(14)19(10-5-2)11-6-3/h7-8,12,18H,4-6,9-11,13H2,1-3H3. The summed E-state index contributed by atoms with van der Waals surface area (Å²) in [4.78, 5) is 2.51. The highest BCUT2D eigenvalue weighted by molar-refractivity contribution is 9.10. The summed E-state index contributed by atoms with van der Waals surface area (Å²) in [6.07, 6.45) is 3.56. The summed E-state index contributed by atoms with van der Waals surface area (Å²) < 4.78 is 1.17. The van der Waals surface area contributed by atoms with Gasteiger partial charge in [-0.2, -0.15) is 0 Å². The van der Waals surface area contributed by atoms with Crippen LogP contribution in [0.2, 0.25) is 0 Å². The highest BCUT2D eigenvalue weighted by Gasteiger charge is 2.10. The zero-order chi connectivity index (χ0) is 14.1. The first-order chi connectivity index (χ1) is 9.22. The number of halogens is 1. The van der Waals surface area contributed by atoms with E-state index >= 15 is 0 Å². The fourth-order valence-corrected chi connectivity index (χ4v) is 2.62. The van der Waals surface area contributed by atoms with Gasteiger partial charge in [0.25, 0.3) is 0 Å². The van der Waals surface area contributed by atoms with Gasteiger partial charge >= 0.3 is 0 Å². The summed E-state index contributed by atoms with van der Waals surface area (Å²) in [5.41, 5.74) is 2.78. The van der Waals surface area contributed by atoms with Crippen molar-refractivity contribution in [1.29, 1.82) is 0 Å². The molecule has 2 nitrogen and oxygen atoms in total. The number of benzene rings is 1. The largest absolute Gasteiger partial charge is 0.371 e. The number of hydrogen-bond donors (Lipinski definition) is 1. The van der Waals surface area contributed by atoms with Crippen LogP contribution in [0.15, 0.2) is 22.7 Å². The molecule has 1 aromatic rings. The average molecular weight is 327 g/mol. The van der Waals surface area contributed by atoms with Crippen molar-refractivity contribution in [1.82, 2.24) is 5.32 Å². The summed E-state index contributed by atoms with van der Waals surface area (Å²) in [6.45, 7) is 11.0. The van der Waals surface area contributed by atoms with E-state index in [2.05, 4.69) is 65.1 Å². The van der Waals surface area contributed by atoms with Crippen LogP contribution in [0.4, 0.5) is 5.69 Å². The Labute approximate surface area is 126 Å². The number of rotatable bonds is 9. The zero-order valence-corrected chi connectivity index (χ0v) is 14.1. The van der Waals surface area contributed by atoms with Crippen LogP contribution in [0.5, 0.6) is 0 Å². The van der Waals surface area contributed by atoms with Crippen LogP contribution in [-0.2, 0) is 6.54 Å². The van der Waals surface area contributed by atoms with E-state index in [0.717, 1.165) is 26.2 Å². The molecule has 0 aliphatic carbocycles. The van der Waals surface area contributed by atoms with Crippen LogP contribution >= 0.6 is 15.9 Å². The Bertz CT molecular complexity index is 360. The van der Waals surface area contributed by atoms with Crippen LogP contribution in [0.25, 0.3) is 0 Å². The fraction of sp³-hybridized carbons (Fsp3) is 0.625. The number of nitrogens with one attached hydrogen (secondary N) is 1. The van der Waals surface area contributed by atoms with E-state index in [9.17, 15) is 0 Å². The first-order valence-electron chi connectivity index (χ1n) is 7.47. The van der Waals surface area contributed by atoms with Crippen LogP contribution in [0.1, 0.15) is 45.6 Å². The second-order valence-electron chi connectivity index (χ2n) is 4.94. The molecule has 1 rings (SSSR count). The molecule has 0 atom stereocenters. The molecule has 0 fully saturated rings. The van der Waals surface area contributed by atoms with Crippen molar-refractivity contribution in [3.63, 3.8) is 0 Å². The van der Waals surface area contributed by atoms with Gasteiger partial charge in [-0.05, 0) is 43.5 Å². The SMILES string of the molecule is CCCNCc1ccc(Br)cc1N(CCC)CCC.